The Bertz CT molecular complexity index is 592. The molecule has 5 heteroatoms. The molecular formula is C15H19N5. The molecule has 0 aliphatic heterocycles. The van der Waals surface area contributed by atoms with Gasteiger partial charge in [0.1, 0.15) is 17.5 Å². The second kappa shape index (κ2) is 6.06. The smallest absolute Gasteiger partial charge is 0.138 e. The molecule has 0 saturated heterocycles. The fraction of sp³-hybridized carbons (Fsp3) is 0.200. The number of nitrogens with zero attached hydrogens (tertiary/aromatic N) is 3. The highest BCUT2D eigenvalue weighted by Crippen LogP contribution is 2.24. The first-order valence-corrected chi connectivity index (χ1v) is 6.40. The van der Waals surface area contributed by atoms with Gasteiger partial charge in [0, 0.05) is 31.0 Å². The summed E-state index contributed by atoms with van der Waals surface area (Å²) in [7, 11) is 1.96. The molecule has 2 rings (SSSR count). The third kappa shape index (κ3) is 3.26. The van der Waals surface area contributed by atoms with Crippen LogP contribution >= 0.6 is 0 Å². The van der Waals surface area contributed by atoms with Gasteiger partial charge >= 0.3 is 0 Å². The number of benzene rings is 1. The van der Waals surface area contributed by atoms with E-state index in [0.29, 0.717) is 6.54 Å². The van der Waals surface area contributed by atoms with Crippen LogP contribution in [0.5, 0.6) is 0 Å². The zero-order valence-corrected chi connectivity index (χ0v) is 11.8. The lowest BCUT2D eigenvalue weighted by Crippen LogP contribution is -2.13. The van der Waals surface area contributed by atoms with Gasteiger partial charge in [-0.05, 0) is 31.2 Å². The summed E-state index contributed by atoms with van der Waals surface area (Å²) in [5.74, 6) is 2.33. The van der Waals surface area contributed by atoms with Crippen LogP contribution < -0.4 is 16.0 Å². The van der Waals surface area contributed by atoms with Gasteiger partial charge in [-0.1, -0.05) is 6.08 Å². The van der Waals surface area contributed by atoms with Crippen LogP contribution in [0.2, 0.25) is 0 Å². The molecule has 1 heterocycles. The van der Waals surface area contributed by atoms with E-state index < -0.39 is 0 Å². The predicted octanol–water partition coefficient (Wildman–Crippen LogP) is 2.73. The largest absolute Gasteiger partial charge is 0.399 e. The molecule has 0 radical (unpaired) electrons. The molecule has 20 heavy (non-hydrogen) atoms. The number of aromatic nitrogens is 2. The van der Waals surface area contributed by atoms with Gasteiger partial charge in [-0.2, -0.15) is 0 Å². The number of hydrogen-bond donors (Lipinski definition) is 2. The minimum atomic E-state index is 0.668. The zero-order valence-electron chi connectivity index (χ0n) is 11.8. The first-order valence-electron chi connectivity index (χ1n) is 6.40. The summed E-state index contributed by atoms with van der Waals surface area (Å²) >= 11 is 0. The molecule has 0 fully saturated rings. The van der Waals surface area contributed by atoms with Crippen molar-refractivity contribution >= 4 is 23.0 Å². The highest BCUT2D eigenvalue weighted by Gasteiger charge is 2.08. The van der Waals surface area contributed by atoms with Gasteiger partial charge < -0.3 is 16.0 Å². The lowest BCUT2D eigenvalue weighted by Gasteiger charge is -2.19. The van der Waals surface area contributed by atoms with Crippen molar-refractivity contribution in [1.29, 1.82) is 0 Å². The molecule has 104 valence electrons. The SMILES string of the molecule is C=CCNc1cc(N(C)c2ccc(N)cc2)nc(C)n1. The Morgan fingerprint density at radius 3 is 2.65 bits per heavy atom. The molecule has 5 nitrogen and oxygen atoms in total. The van der Waals surface area contributed by atoms with Gasteiger partial charge in [0.25, 0.3) is 0 Å². The summed E-state index contributed by atoms with van der Waals surface area (Å²) in [5, 5.41) is 3.18. The number of rotatable bonds is 5. The standard InChI is InChI=1S/C15H19N5/c1-4-9-17-14-10-15(19-11(2)18-14)20(3)13-7-5-12(16)6-8-13/h4-8,10H,1,9,16H2,2-3H3,(H,17,18,19). The van der Waals surface area contributed by atoms with Crippen LogP contribution in [0.15, 0.2) is 43.0 Å². The highest BCUT2D eigenvalue weighted by atomic mass is 15.2. The Morgan fingerprint density at radius 1 is 1.30 bits per heavy atom. The molecule has 0 spiro atoms. The number of nitrogens with one attached hydrogen (secondary N) is 1. The van der Waals surface area contributed by atoms with Crippen LogP contribution in [0.3, 0.4) is 0 Å². The summed E-state index contributed by atoms with van der Waals surface area (Å²) < 4.78 is 0. The van der Waals surface area contributed by atoms with Gasteiger partial charge in [0.15, 0.2) is 0 Å². The lowest BCUT2D eigenvalue weighted by molar-refractivity contribution is 1.01. The second-order valence-electron chi connectivity index (χ2n) is 4.48. The third-order valence-corrected chi connectivity index (χ3v) is 2.88. The summed E-state index contributed by atoms with van der Waals surface area (Å²) in [6, 6.07) is 9.58. The van der Waals surface area contributed by atoms with Gasteiger partial charge in [0.05, 0.1) is 0 Å². The number of nitrogen functional groups attached to an aromatic ring is 1. The molecule has 0 amide bonds. The van der Waals surface area contributed by atoms with Crippen molar-refractivity contribution in [2.24, 2.45) is 0 Å². The minimum Gasteiger partial charge on any atom is -0.399 e. The molecular weight excluding hydrogens is 250 g/mol. The van der Waals surface area contributed by atoms with Crippen molar-refractivity contribution < 1.29 is 0 Å². The van der Waals surface area contributed by atoms with Crippen molar-refractivity contribution in [1.82, 2.24) is 9.97 Å². The third-order valence-electron chi connectivity index (χ3n) is 2.88. The van der Waals surface area contributed by atoms with E-state index in [4.69, 9.17) is 5.73 Å². The number of anilines is 4. The maximum absolute atomic E-state index is 5.71. The molecule has 0 atom stereocenters. The second-order valence-corrected chi connectivity index (χ2v) is 4.48. The van der Waals surface area contributed by atoms with Crippen molar-refractivity contribution in [3.8, 4) is 0 Å². The summed E-state index contributed by atoms with van der Waals surface area (Å²) in [5.41, 5.74) is 7.47. The van der Waals surface area contributed by atoms with Crippen molar-refractivity contribution in [2.45, 2.75) is 6.92 Å². The van der Waals surface area contributed by atoms with Crippen LogP contribution in [0.25, 0.3) is 0 Å². The number of hydrogen-bond acceptors (Lipinski definition) is 5. The van der Waals surface area contributed by atoms with Crippen molar-refractivity contribution in [3.63, 3.8) is 0 Å². The van der Waals surface area contributed by atoms with Crippen LogP contribution in [0, 0.1) is 6.92 Å². The molecule has 0 unspecified atom stereocenters. The Kier molecular flexibility index (Phi) is 4.20. The Labute approximate surface area is 119 Å². The highest BCUT2D eigenvalue weighted by molar-refractivity contribution is 5.63. The fourth-order valence-corrected chi connectivity index (χ4v) is 1.82. The van der Waals surface area contributed by atoms with E-state index >= 15 is 0 Å². The molecule has 2 aromatic rings. The first-order chi connectivity index (χ1) is 9.60. The van der Waals surface area contributed by atoms with E-state index in [1.165, 1.54) is 0 Å². The summed E-state index contributed by atoms with van der Waals surface area (Å²) in [4.78, 5) is 10.8. The minimum absolute atomic E-state index is 0.668. The topological polar surface area (TPSA) is 67.1 Å². The average molecular weight is 269 g/mol. The Balaban J connectivity index is 2.28. The monoisotopic (exact) mass is 269 g/mol. The molecule has 0 bridgehead atoms. The summed E-state index contributed by atoms with van der Waals surface area (Å²) in [6.45, 7) is 6.23. The quantitative estimate of drug-likeness (QED) is 0.645. The van der Waals surface area contributed by atoms with Crippen molar-refractivity contribution in [3.05, 3.63) is 48.8 Å². The van der Waals surface area contributed by atoms with Gasteiger partial charge in [-0.25, -0.2) is 9.97 Å². The van der Waals surface area contributed by atoms with Gasteiger partial charge in [-0.3, -0.25) is 0 Å². The zero-order chi connectivity index (χ0) is 14.5. The molecule has 1 aromatic carbocycles. The summed E-state index contributed by atoms with van der Waals surface area (Å²) in [6.07, 6.45) is 1.79. The maximum atomic E-state index is 5.71. The van der Waals surface area contributed by atoms with Gasteiger partial charge in [-0.15, -0.1) is 6.58 Å². The fourth-order valence-electron chi connectivity index (χ4n) is 1.82. The van der Waals surface area contributed by atoms with Crippen molar-refractivity contribution in [2.75, 3.05) is 29.5 Å². The van der Waals surface area contributed by atoms with Gasteiger partial charge in [0.2, 0.25) is 0 Å². The van der Waals surface area contributed by atoms with Crippen LogP contribution in [-0.4, -0.2) is 23.6 Å². The van der Waals surface area contributed by atoms with E-state index in [9.17, 15) is 0 Å². The van der Waals surface area contributed by atoms with Crippen LogP contribution in [-0.2, 0) is 0 Å². The molecule has 3 N–H and O–H groups in total. The lowest BCUT2D eigenvalue weighted by atomic mass is 10.2. The van der Waals surface area contributed by atoms with E-state index in [-0.39, 0.29) is 0 Å². The Morgan fingerprint density at radius 2 is 2.00 bits per heavy atom. The average Bonchev–Trinajstić information content (AvgIpc) is 2.44. The van der Waals surface area contributed by atoms with E-state index in [2.05, 4.69) is 21.9 Å². The predicted molar refractivity (Wildman–Crippen MR) is 84.4 cm³/mol. The molecule has 0 aliphatic carbocycles. The molecule has 0 saturated carbocycles. The molecule has 1 aromatic heterocycles. The first kappa shape index (κ1) is 13.9. The number of aryl methyl sites for hydroxylation is 1. The van der Waals surface area contributed by atoms with Crippen LogP contribution in [0.4, 0.5) is 23.0 Å². The maximum Gasteiger partial charge on any atom is 0.138 e. The van der Waals surface area contributed by atoms with Crippen LogP contribution in [0.1, 0.15) is 5.82 Å². The molecule has 0 aliphatic rings. The normalized spacial score (nSPS) is 10.1. The Hall–Kier alpha value is -2.56. The van der Waals surface area contributed by atoms with E-state index in [1.807, 2.05) is 49.2 Å². The number of nitrogens with two attached hydrogens (primary N) is 1. The van der Waals surface area contributed by atoms with E-state index in [0.717, 1.165) is 28.8 Å². The van der Waals surface area contributed by atoms with E-state index in [1.54, 1.807) is 6.08 Å².